The van der Waals surface area contributed by atoms with E-state index in [0.717, 1.165) is 38.9 Å². The fourth-order valence-corrected chi connectivity index (χ4v) is 14.5. The predicted molar refractivity (Wildman–Crippen MR) is 287 cm³/mol. The van der Waals surface area contributed by atoms with Gasteiger partial charge in [0.1, 0.15) is 0 Å². The highest BCUT2D eigenvalue weighted by molar-refractivity contribution is 7.89. The highest BCUT2D eigenvalue weighted by atomic mass is 32.2. The minimum absolute atomic E-state index is 0.102. The maximum absolute atomic E-state index is 15.3. The van der Waals surface area contributed by atoms with Crippen LogP contribution in [-0.2, 0) is 30.1 Å². The molecular formula is C57H83N3O6S3. The molecule has 3 aromatic carbocycles. The van der Waals surface area contributed by atoms with E-state index in [4.69, 9.17) is 0 Å². The third-order valence-corrected chi connectivity index (χ3v) is 18.9. The standard InChI is InChI=1S/C57H83N3O6S3/c1-37(2)46-31-49(40(7)8)55(50(32-46)41(9)10)67(61,62)58-25-19-21-27-59(68(63,64)56-51(42(11)12)33-47(38(3)4)34-52(56)43(13)14)29-23-24-30-60(28-22-20-26-58)69(65,66)57-53(44(15)16)35-48(39(5)6)36-54(57)45(17)18/h19,21,31-45H,25-30H2,1-18H3/b21-19+. The summed E-state index contributed by atoms with van der Waals surface area (Å²) in [5.74, 6) is 12.0. The molecule has 12 heteroatoms. The van der Waals surface area contributed by atoms with Crippen LogP contribution in [0.4, 0.5) is 0 Å². The van der Waals surface area contributed by atoms with Gasteiger partial charge in [-0.15, -0.1) is 0 Å². The zero-order valence-corrected chi connectivity index (χ0v) is 47.5. The molecule has 0 radical (unpaired) electrons. The second-order valence-corrected chi connectivity index (χ2v) is 27.1. The van der Waals surface area contributed by atoms with Gasteiger partial charge in [-0.05, 0) is 103 Å². The minimum atomic E-state index is -4.27. The van der Waals surface area contributed by atoms with E-state index < -0.39 is 30.1 Å². The van der Waals surface area contributed by atoms with Crippen molar-refractivity contribution in [2.24, 2.45) is 0 Å². The lowest BCUT2D eigenvalue weighted by molar-refractivity contribution is 0.467. The number of sulfonamides is 3. The van der Waals surface area contributed by atoms with Gasteiger partial charge < -0.3 is 0 Å². The fraction of sp³-hybridized carbons (Fsp3) is 0.579. The van der Waals surface area contributed by atoms with E-state index in [1.165, 1.54) is 12.9 Å². The van der Waals surface area contributed by atoms with Crippen molar-refractivity contribution in [1.82, 2.24) is 12.9 Å². The van der Waals surface area contributed by atoms with E-state index in [-0.39, 0.29) is 107 Å². The molecular weight excluding hydrogens is 919 g/mol. The van der Waals surface area contributed by atoms with Gasteiger partial charge in [0.15, 0.2) is 0 Å². The smallest absolute Gasteiger partial charge is 0.207 e. The average Bonchev–Trinajstić information content (AvgIpc) is 3.26. The van der Waals surface area contributed by atoms with Gasteiger partial charge in [0.25, 0.3) is 0 Å². The van der Waals surface area contributed by atoms with E-state index in [1.807, 2.05) is 119 Å². The topological polar surface area (TPSA) is 112 Å². The van der Waals surface area contributed by atoms with Crippen molar-refractivity contribution in [1.29, 1.82) is 0 Å². The SMILES string of the molecule is CC(C)c1cc(C(C)C)c(S(=O)(=O)N2CC#CCN(S(=O)(=O)c3c(C(C)C)cc(C(C)C)cc3C(C)C)C/C=C/CN(S(=O)(=O)c3c(C(C)C)cc(C(C)C)cc3C(C)C)CC#CC2)c(C(C)C)c1. The molecule has 9 nitrogen and oxygen atoms in total. The second-order valence-electron chi connectivity index (χ2n) is 21.5. The molecule has 0 spiro atoms. The molecule has 0 unspecified atom stereocenters. The first-order chi connectivity index (χ1) is 32.0. The Bertz CT molecular complexity index is 2580. The van der Waals surface area contributed by atoms with Gasteiger partial charge in [-0.3, -0.25) is 0 Å². The molecule has 0 bridgehead atoms. The molecule has 1 heterocycles. The molecule has 1 aliphatic rings. The zero-order chi connectivity index (χ0) is 52.1. The average molecular weight is 1000 g/mol. The number of rotatable bonds is 15. The Morgan fingerprint density at radius 1 is 0.319 bits per heavy atom. The zero-order valence-electron chi connectivity index (χ0n) is 45.1. The molecule has 0 aliphatic carbocycles. The van der Waals surface area contributed by atoms with Crippen LogP contribution in [0.5, 0.6) is 0 Å². The van der Waals surface area contributed by atoms with Gasteiger partial charge >= 0.3 is 0 Å². The monoisotopic (exact) mass is 1000 g/mol. The fourth-order valence-electron chi connectivity index (χ4n) is 8.63. The molecule has 380 valence electrons. The Morgan fingerprint density at radius 2 is 0.507 bits per heavy atom. The van der Waals surface area contributed by atoms with Crippen molar-refractivity contribution in [3.05, 3.63) is 98.6 Å². The summed E-state index contributed by atoms with van der Waals surface area (Å²) in [5, 5.41) is 0. The molecule has 0 amide bonds. The van der Waals surface area contributed by atoms with Crippen molar-refractivity contribution in [2.45, 2.75) is 193 Å². The number of nitrogens with zero attached hydrogens (tertiary/aromatic N) is 3. The Hall–Kier alpha value is -3.75. The predicted octanol–water partition coefficient (Wildman–Crippen LogP) is 12.7. The lowest BCUT2D eigenvalue weighted by Crippen LogP contribution is -2.35. The molecule has 0 atom stereocenters. The molecule has 0 N–H and O–H groups in total. The van der Waals surface area contributed by atoms with Gasteiger partial charge in [0.2, 0.25) is 30.1 Å². The van der Waals surface area contributed by atoms with Crippen LogP contribution >= 0.6 is 0 Å². The lowest BCUT2D eigenvalue weighted by atomic mass is 9.89. The quantitative estimate of drug-likeness (QED) is 0.111. The first-order valence-electron chi connectivity index (χ1n) is 25.1. The summed E-state index contributed by atoms with van der Waals surface area (Å²) in [5.41, 5.74) is 7.47. The van der Waals surface area contributed by atoms with Crippen molar-refractivity contribution in [2.75, 3.05) is 39.3 Å². The van der Waals surface area contributed by atoms with Crippen LogP contribution in [0, 0.1) is 23.7 Å². The largest absolute Gasteiger partial charge is 0.245 e. The van der Waals surface area contributed by atoms with E-state index in [2.05, 4.69) is 65.2 Å². The normalized spacial score (nSPS) is 16.2. The minimum Gasteiger partial charge on any atom is -0.207 e. The van der Waals surface area contributed by atoms with E-state index in [1.54, 1.807) is 12.2 Å². The molecule has 0 fully saturated rings. The van der Waals surface area contributed by atoms with Crippen LogP contribution in [0.25, 0.3) is 0 Å². The Labute approximate surface area is 420 Å². The molecule has 0 saturated carbocycles. The molecule has 69 heavy (non-hydrogen) atoms. The van der Waals surface area contributed by atoms with Crippen LogP contribution in [0.3, 0.4) is 0 Å². The molecule has 4 rings (SSSR count). The van der Waals surface area contributed by atoms with Crippen molar-refractivity contribution >= 4 is 30.1 Å². The first-order valence-corrected chi connectivity index (χ1v) is 29.4. The van der Waals surface area contributed by atoms with Crippen molar-refractivity contribution < 1.29 is 25.3 Å². The maximum Gasteiger partial charge on any atom is 0.245 e. The maximum atomic E-state index is 15.3. The summed E-state index contributed by atoms with van der Waals surface area (Å²) in [6.07, 6.45) is 3.38. The van der Waals surface area contributed by atoms with Crippen LogP contribution in [0.15, 0.2) is 63.2 Å². The van der Waals surface area contributed by atoms with Crippen LogP contribution in [0.2, 0.25) is 0 Å². The van der Waals surface area contributed by atoms with Gasteiger partial charge in [0, 0.05) is 13.1 Å². The third kappa shape index (κ3) is 13.2. The first kappa shape index (κ1) is 57.8. The second kappa shape index (κ2) is 23.7. The number of hydrogen-bond acceptors (Lipinski definition) is 6. The van der Waals surface area contributed by atoms with E-state index in [9.17, 15) is 0 Å². The summed E-state index contributed by atoms with van der Waals surface area (Å²) >= 11 is 0. The van der Waals surface area contributed by atoms with Gasteiger partial charge in [-0.1, -0.05) is 197 Å². The molecule has 0 saturated heterocycles. The Balaban J connectivity index is 2.04. The van der Waals surface area contributed by atoms with Gasteiger partial charge in [-0.25, -0.2) is 25.3 Å². The lowest BCUT2D eigenvalue weighted by Gasteiger charge is -2.27. The van der Waals surface area contributed by atoms with Crippen molar-refractivity contribution in [3.63, 3.8) is 0 Å². The van der Waals surface area contributed by atoms with E-state index in [0.29, 0.717) is 11.1 Å². The third-order valence-electron chi connectivity index (χ3n) is 13.1. The Kier molecular flexibility index (Phi) is 19.8. The van der Waals surface area contributed by atoms with Crippen molar-refractivity contribution in [3.8, 4) is 23.7 Å². The van der Waals surface area contributed by atoms with Crippen LogP contribution in [-0.4, -0.2) is 77.4 Å². The summed E-state index contributed by atoms with van der Waals surface area (Å²) in [6, 6.07) is 12.0. The van der Waals surface area contributed by atoms with Gasteiger partial charge in [-0.2, -0.15) is 12.9 Å². The summed E-state index contributed by atoms with van der Waals surface area (Å²) in [6.45, 7) is 35.3. The molecule has 3 aromatic rings. The molecule has 1 aliphatic heterocycles. The van der Waals surface area contributed by atoms with Crippen LogP contribution < -0.4 is 0 Å². The van der Waals surface area contributed by atoms with Gasteiger partial charge in [0.05, 0.1) is 40.9 Å². The highest BCUT2D eigenvalue weighted by Crippen LogP contribution is 2.40. The Morgan fingerprint density at radius 3 is 0.696 bits per heavy atom. The summed E-state index contributed by atoms with van der Waals surface area (Å²) in [7, 11) is -12.7. The number of hydrogen-bond donors (Lipinski definition) is 0. The summed E-state index contributed by atoms with van der Waals surface area (Å²) in [4.78, 5) is 0.744. The van der Waals surface area contributed by atoms with Crippen LogP contribution in [0.1, 0.15) is 228 Å². The number of benzene rings is 3. The molecule has 0 aromatic heterocycles. The summed E-state index contributed by atoms with van der Waals surface area (Å²) < 4.78 is 95.5. The van der Waals surface area contributed by atoms with E-state index >= 15 is 25.3 Å². The highest BCUT2D eigenvalue weighted by Gasteiger charge is 2.35.